The molecule has 1 amide bonds. The van der Waals surface area contributed by atoms with Gasteiger partial charge in [0.25, 0.3) is 0 Å². The molecule has 0 radical (unpaired) electrons. The Morgan fingerprint density at radius 3 is 2.52 bits per heavy atom. The molecule has 1 N–H and O–H groups in total. The van der Waals surface area contributed by atoms with E-state index in [0.717, 1.165) is 25.0 Å². The molecule has 0 saturated carbocycles. The number of carbonyl (C=O) groups excluding carboxylic acids is 3. The molecule has 1 aliphatic heterocycles. The standard InChI is InChI=1S/C14H23NO5S/c1-9(16)15-11-8-21-12(14(11)20-10(2)17)6-4-5-7-13(18)19-3/h11-12,14H,4-8H2,1-3H3,(H,15,16). The number of ether oxygens (including phenoxy) is 2. The third kappa shape index (κ3) is 6.37. The van der Waals surface area contributed by atoms with E-state index in [1.165, 1.54) is 21.0 Å². The van der Waals surface area contributed by atoms with Gasteiger partial charge in [-0.15, -0.1) is 0 Å². The lowest BCUT2D eigenvalue weighted by molar-refractivity contribution is -0.148. The van der Waals surface area contributed by atoms with Crippen molar-refractivity contribution in [2.24, 2.45) is 0 Å². The Hall–Kier alpha value is -1.24. The van der Waals surface area contributed by atoms with Crippen LogP contribution in [-0.4, -0.2) is 48.1 Å². The Kier molecular flexibility index (Phi) is 7.56. The molecular formula is C14H23NO5S. The van der Waals surface area contributed by atoms with Crippen molar-refractivity contribution in [2.75, 3.05) is 12.9 Å². The van der Waals surface area contributed by atoms with E-state index in [9.17, 15) is 14.4 Å². The zero-order valence-electron chi connectivity index (χ0n) is 12.7. The van der Waals surface area contributed by atoms with Crippen LogP contribution in [-0.2, 0) is 23.9 Å². The average molecular weight is 317 g/mol. The summed E-state index contributed by atoms with van der Waals surface area (Å²) in [6, 6.07) is -0.137. The van der Waals surface area contributed by atoms with Crippen molar-refractivity contribution in [3.63, 3.8) is 0 Å². The quantitative estimate of drug-likeness (QED) is 0.562. The first-order chi connectivity index (χ1) is 9.93. The van der Waals surface area contributed by atoms with E-state index in [2.05, 4.69) is 10.1 Å². The van der Waals surface area contributed by atoms with Crippen molar-refractivity contribution in [1.29, 1.82) is 0 Å². The third-order valence-electron chi connectivity index (χ3n) is 3.29. The zero-order valence-corrected chi connectivity index (χ0v) is 13.5. The van der Waals surface area contributed by atoms with E-state index in [4.69, 9.17) is 4.74 Å². The van der Waals surface area contributed by atoms with Crippen LogP contribution in [0.3, 0.4) is 0 Å². The number of rotatable bonds is 7. The van der Waals surface area contributed by atoms with Gasteiger partial charge in [-0.25, -0.2) is 0 Å². The molecule has 1 aliphatic rings. The molecule has 3 atom stereocenters. The SMILES string of the molecule is COC(=O)CCCCC1SCC(NC(C)=O)C1OC(C)=O. The van der Waals surface area contributed by atoms with Gasteiger partial charge >= 0.3 is 11.9 Å². The van der Waals surface area contributed by atoms with Crippen LogP contribution in [0.25, 0.3) is 0 Å². The second kappa shape index (κ2) is 8.92. The summed E-state index contributed by atoms with van der Waals surface area (Å²) in [7, 11) is 1.38. The Labute approximate surface area is 129 Å². The summed E-state index contributed by atoms with van der Waals surface area (Å²) in [6.07, 6.45) is 2.56. The Bertz CT molecular complexity index is 388. The highest BCUT2D eigenvalue weighted by molar-refractivity contribution is 8.00. The summed E-state index contributed by atoms with van der Waals surface area (Å²) in [4.78, 5) is 33.5. The average Bonchev–Trinajstić information content (AvgIpc) is 2.75. The number of hydrogen-bond acceptors (Lipinski definition) is 6. The van der Waals surface area contributed by atoms with E-state index in [-0.39, 0.29) is 35.2 Å². The first kappa shape index (κ1) is 17.8. The highest BCUT2D eigenvalue weighted by Gasteiger charge is 2.39. The lowest BCUT2D eigenvalue weighted by atomic mass is 10.0. The third-order valence-corrected chi connectivity index (χ3v) is 4.77. The van der Waals surface area contributed by atoms with Crippen LogP contribution in [0.15, 0.2) is 0 Å². The van der Waals surface area contributed by atoms with Gasteiger partial charge in [-0.2, -0.15) is 11.8 Å². The van der Waals surface area contributed by atoms with E-state index in [1.807, 2.05) is 0 Å². The number of esters is 2. The van der Waals surface area contributed by atoms with Gasteiger partial charge in [-0.3, -0.25) is 14.4 Å². The van der Waals surface area contributed by atoms with Gasteiger partial charge in [0.05, 0.1) is 13.2 Å². The highest BCUT2D eigenvalue weighted by atomic mass is 32.2. The maximum absolute atomic E-state index is 11.2. The molecule has 0 spiro atoms. The van der Waals surface area contributed by atoms with Crippen molar-refractivity contribution in [3.05, 3.63) is 0 Å². The van der Waals surface area contributed by atoms with Crippen LogP contribution in [0.1, 0.15) is 39.5 Å². The fourth-order valence-electron chi connectivity index (χ4n) is 2.38. The monoisotopic (exact) mass is 317 g/mol. The predicted molar refractivity (Wildman–Crippen MR) is 79.9 cm³/mol. The van der Waals surface area contributed by atoms with Crippen LogP contribution < -0.4 is 5.32 Å². The molecule has 3 unspecified atom stereocenters. The van der Waals surface area contributed by atoms with Crippen LogP contribution >= 0.6 is 11.8 Å². The first-order valence-corrected chi connectivity index (χ1v) is 8.11. The molecule has 0 aromatic heterocycles. The molecule has 120 valence electrons. The number of thioether (sulfide) groups is 1. The van der Waals surface area contributed by atoms with Crippen molar-refractivity contribution >= 4 is 29.6 Å². The lowest BCUT2D eigenvalue weighted by Gasteiger charge is -2.24. The summed E-state index contributed by atoms with van der Waals surface area (Å²) >= 11 is 1.70. The molecule has 0 aliphatic carbocycles. The van der Waals surface area contributed by atoms with E-state index >= 15 is 0 Å². The maximum atomic E-state index is 11.2. The summed E-state index contributed by atoms with van der Waals surface area (Å²) < 4.78 is 9.97. The minimum atomic E-state index is -0.336. The molecule has 0 aromatic rings. The van der Waals surface area contributed by atoms with Gasteiger partial charge in [0, 0.05) is 31.3 Å². The van der Waals surface area contributed by atoms with Gasteiger partial charge in [-0.1, -0.05) is 6.42 Å². The largest absolute Gasteiger partial charge is 0.469 e. The normalized spacial score (nSPS) is 24.4. The molecule has 0 bridgehead atoms. The van der Waals surface area contributed by atoms with E-state index < -0.39 is 0 Å². The van der Waals surface area contributed by atoms with Gasteiger partial charge < -0.3 is 14.8 Å². The van der Waals surface area contributed by atoms with Crippen molar-refractivity contribution in [2.45, 2.75) is 56.9 Å². The molecule has 1 fully saturated rings. The Morgan fingerprint density at radius 2 is 1.95 bits per heavy atom. The number of unbranched alkanes of at least 4 members (excludes halogenated alkanes) is 1. The van der Waals surface area contributed by atoms with Gasteiger partial charge in [0.2, 0.25) is 5.91 Å². The van der Waals surface area contributed by atoms with Crippen molar-refractivity contribution in [1.82, 2.24) is 5.32 Å². The predicted octanol–water partition coefficient (Wildman–Crippen LogP) is 1.27. The molecule has 1 heterocycles. The fourth-order valence-corrected chi connectivity index (χ4v) is 3.87. The summed E-state index contributed by atoms with van der Waals surface area (Å²) in [5.41, 5.74) is 0. The smallest absolute Gasteiger partial charge is 0.305 e. The number of carbonyl (C=O) groups is 3. The number of hydrogen-bond donors (Lipinski definition) is 1. The van der Waals surface area contributed by atoms with Gasteiger partial charge in [0.15, 0.2) is 0 Å². The lowest BCUT2D eigenvalue weighted by Crippen LogP contribution is -2.45. The number of nitrogens with one attached hydrogen (secondary N) is 1. The fraction of sp³-hybridized carbons (Fsp3) is 0.786. The van der Waals surface area contributed by atoms with E-state index in [1.54, 1.807) is 11.8 Å². The van der Waals surface area contributed by atoms with Crippen LogP contribution in [0.5, 0.6) is 0 Å². The second-order valence-corrected chi connectivity index (χ2v) is 6.35. The topological polar surface area (TPSA) is 81.7 Å². The van der Waals surface area contributed by atoms with Crippen LogP contribution in [0.4, 0.5) is 0 Å². The molecule has 1 rings (SSSR count). The summed E-state index contributed by atoms with van der Waals surface area (Å²) in [6.45, 7) is 2.83. The molecule has 1 saturated heterocycles. The summed E-state index contributed by atoms with van der Waals surface area (Å²) in [5, 5.41) is 2.99. The van der Waals surface area contributed by atoms with Crippen LogP contribution in [0, 0.1) is 0 Å². The molecular weight excluding hydrogens is 294 g/mol. The van der Waals surface area contributed by atoms with Gasteiger partial charge in [-0.05, 0) is 12.8 Å². The minimum Gasteiger partial charge on any atom is -0.469 e. The Balaban J connectivity index is 2.45. The number of amides is 1. The van der Waals surface area contributed by atoms with Gasteiger partial charge in [0.1, 0.15) is 6.10 Å². The molecule has 21 heavy (non-hydrogen) atoms. The molecule has 7 heteroatoms. The second-order valence-electron chi connectivity index (χ2n) is 5.07. The van der Waals surface area contributed by atoms with E-state index in [0.29, 0.717) is 6.42 Å². The van der Waals surface area contributed by atoms with Crippen molar-refractivity contribution < 1.29 is 23.9 Å². The zero-order chi connectivity index (χ0) is 15.8. The van der Waals surface area contributed by atoms with Crippen LogP contribution in [0.2, 0.25) is 0 Å². The number of methoxy groups -OCH3 is 1. The highest BCUT2D eigenvalue weighted by Crippen LogP contribution is 2.33. The summed E-state index contributed by atoms with van der Waals surface area (Å²) in [5.74, 6) is 0.0716. The maximum Gasteiger partial charge on any atom is 0.305 e. The van der Waals surface area contributed by atoms with Crippen molar-refractivity contribution in [3.8, 4) is 0 Å². The minimum absolute atomic E-state index is 0.121. The molecule has 6 nitrogen and oxygen atoms in total. The Morgan fingerprint density at radius 1 is 1.24 bits per heavy atom. The first-order valence-electron chi connectivity index (χ1n) is 7.06. The molecule has 0 aromatic carbocycles.